The monoisotopic (exact) mass is 502 g/mol. The molecular weight excluding hydrogens is 469 g/mol. The summed E-state index contributed by atoms with van der Waals surface area (Å²) in [5.41, 5.74) is 1.98. The van der Waals surface area contributed by atoms with Crippen molar-refractivity contribution in [3.63, 3.8) is 0 Å². The summed E-state index contributed by atoms with van der Waals surface area (Å²) in [6.07, 6.45) is -4.10. The predicted octanol–water partition coefficient (Wildman–Crippen LogP) is 3.02. The Morgan fingerprint density at radius 3 is 2.53 bits per heavy atom. The number of carbonyl (C=O) groups is 1. The van der Waals surface area contributed by atoms with Crippen LogP contribution in [0.15, 0.2) is 48.5 Å². The third kappa shape index (κ3) is 5.68. The van der Waals surface area contributed by atoms with Crippen molar-refractivity contribution >= 4 is 11.6 Å². The summed E-state index contributed by atoms with van der Waals surface area (Å²) in [7, 11) is 0. The summed E-state index contributed by atoms with van der Waals surface area (Å²) in [5, 5.41) is 3.08. The summed E-state index contributed by atoms with van der Waals surface area (Å²) < 4.78 is 45.7. The molecule has 2 fully saturated rings. The van der Waals surface area contributed by atoms with Crippen molar-refractivity contribution in [2.75, 3.05) is 63.9 Å². The zero-order valence-electron chi connectivity index (χ0n) is 20.3. The Hall–Kier alpha value is -2.62. The van der Waals surface area contributed by atoms with Gasteiger partial charge in [-0.15, -0.1) is 0 Å². The van der Waals surface area contributed by atoms with E-state index in [1.54, 1.807) is 6.07 Å². The Labute approximate surface area is 210 Å². The van der Waals surface area contributed by atoms with Crippen molar-refractivity contribution < 1.29 is 22.7 Å². The smallest absolute Gasteiger partial charge is 0.379 e. The molecule has 0 bridgehead atoms. The van der Waals surface area contributed by atoms with E-state index in [0.717, 1.165) is 44.5 Å². The molecule has 2 aromatic carbocycles. The van der Waals surface area contributed by atoms with Crippen LogP contribution >= 0.6 is 0 Å². The van der Waals surface area contributed by atoms with Crippen molar-refractivity contribution in [1.82, 2.24) is 15.1 Å². The Morgan fingerprint density at radius 1 is 1.00 bits per heavy atom. The SMILES string of the molecule is O=C(NCCN1CCOCC1)[C@H]1Cc2cc(C(F)(F)F)ccc2N2CCN(Cc3ccccc3)C[C@@H]12. The number of hydrogen-bond donors (Lipinski definition) is 1. The molecule has 194 valence electrons. The summed E-state index contributed by atoms with van der Waals surface area (Å²) in [5.74, 6) is -0.493. The van der Waals surface area contributed by atoms with Crippen LogP contribution in [-0.2, 0) is 28.7 Å². The lowest BCUT2D eigenvalue weighted by atomic mass is 9.82. The topological polar surface area (TPSA) is 48.1 Å². The molecule has 2 aromatic rings. The number of nitrogens with one attached hydrogen (secondary N) is 1. The van der Waals surface area contributed by atoms with E-state index in [9.17, 15) is 18.0 Å². The Kier molecular flexibility index (Phi) is 7.50. The van der Waals surface area contributed by atoms with E-state index in [1.807, 2.05) is 18.2 Å². The number of halogens is 3. The summed E-state index contributed by atoms with van der Waals surface area (Å²) in [6.45, 7) is 7.29. The Balaban J connectivity index is 1.33. The van der Waals surface area contributed by atoms with Gasteiger partial charge < -0.3 is 15.0 Å². The minimum absolute atomic E-state index is 0.0807. The average molecular weight is 503 g/mol. The minimum atomic E-state index is -4.41. The zero-order chi connectivity index (χ0) is 25.1. The molecule has 9 heteroatoms. The molecule has 3 aliphatic rings. The Bertz CT molecular complexity index is 1040. The molecule has 0 aliphatic carbocycles. The Morgan fingerprint density at radius 2 is 1.78 bits per heavy atom. The van der Waals surface area contributed by atoms with Gasteiger partial charge in [0.05, 0.1) is 30.7 Å². The van der Waals surface area contributed by atoms with Crippen LogP contribution in [0.2, 0.25) is 0 Å². The molecule has 0 radical (unpaired) electrons. The summed E-state index contributed by atoms with van der Waals surface area (Å²) >= 11 is 0. The number of carbonyl (C=O) groups excluding carboxylic acids is 1. The van der Waals surface area contributed by atoms with Crippen LogP contribution in [-0.4, -0.2) is 80.8 Å². The van der Waals surface area contributed by atoms with Gasteiger partial charge in [0, 0.05) is 58.0 Å². The molecule has 0 saturated carbocycles. The van der Waals surface area contributed by atoms with E-state index < -0.39 is 17.7 Å². The number of nitrogens with zero attached hydrogens (tertiary/aromatic N) is 3. The highest BCUT2D eigenvalue weighted by Gasteiger charge is 2.42. The van der Waals surface area contributed by atoms with Crippen molar-refractivity contribution in [2.24, 2.45) is 5.92 Å². The lowest BCUT2D eigenvalue weighted by molar-refractivity contribution is -0.137. The van der Waals surface area contributed by atoms with E-state index in [2.05, 4.69) is 32.1 Å². The highest BCUT2D eigenvalue weighted by molar-refractivity contribution is 5.82. The maximum absolute atomic E-state index is 13.4. The van der Waals surface area contributed by atoms with Crippen LogP contribution < -0.4 is 10.2 Å². The van der Waals surface area contributed by atoms with Gasteiger partial charge in [-0.25, -0.2) is 0 Å². The number of hydrogen-bond acceptors (Lipinski definition) is 5. The van der Waals surface area contributed by atoms with Crippen molar-refractivity contribution in [2.45, 2.75) is 25.2 Å². The normalized spacial score (nSPS) is 23.1. The highest BCUT2D eigenvalue weighted by atomic mass is 19.4. The summed E-state index contributed by atoms with van der Waals surface area (Å²) in [4.78, 5) is 20.2. The number of fused-ring (bicyclic) bond motifs is 3. The minimum Gasteiger partial charge on any atom is -0.379 e. The molecular formula is C27H33F3N4O2. The van der Waals surface area contributed by atoms with Crippen molar-refractivity contribution in [3.05, 3.63) is 65.2 Å². The third-order valence-electron chi connectivity index (χ3n) is 7.54. The van der Waals surface area contributed by atoms with Gasteiger partial charge in [-0.2, -0.15) is 13.2 Å². The van der Waals surface area contributed by atoms with Crippen LogP contribution in [0.1, 0.15) is 16.7 Å². The van der Waals surface area contributed by atoms with E-state index >= 15 is 0 Å². The number of alkyl halides is 3. The van der Waals surface area contributed by atoms with Crippen molar-refractivity contribution in [1.29, 1.82) is 0 Å². The van der Waals surface area contributed by atoms with Gasteiger partial charge in [0.2, 0.25) is 5.91 Å². The molecule has 6 nitrogen and oxygen atoms in total. The number of ether oxygens (including phenoxy) is 1. The van der Waals surface area contributed by atoms with Crippen LogP contribution in [0, 0.1) is 5.92 Å². The van der Waals surface area contributed by atoms with E-state index in [4.69, 9.17) is 4.74 Å². The van der Waals surface area contributed by atoms with Crippen LogP contribution in [0.4, 0.5) is 18.9 Å². The van der Waals surface area contributed by atoms with Crippen LogP contribution in [0.25, 0.3) is 0 Å². The van der Waals surface area contributed by atoms with E-state index in [1.165, 1.54) is 11.6 Å². The first-order valence-corrected chi connectivity index (χ1v) is 12.7. The molecule has 2 atom stereocenters. The van der Waals surface area contributed by atoms with Gasteiger partial charge in [0.25, 0.3) is 0 Å². The molecule has 3 heterocycles. The van der Waals surface area contributed by atoms with Crippen LogP contribution in [0.3, 0.4) is 0 Å². The molecule has 0 unspecified atom stereocenters. The first-order chi connectivity index (χ1) is 17.4. The fourth-order valence-corrected chi connectivity index (χ4v) is 5.64. The lowest BCUT2D eigenvalue weighted by Gasteiger charge is -2.49. The molecule has 0 spiro atoms. The maximum Gasteiger partial charge on any atom is 0.416 e. The quantitative estimate of drug-likeness (QED) is 0.658. The molecule has 1 amide bonds. The zero-order valence-corrected chi connectivity index (χ0v) is 20.3. The van der Waals surface area contributed by atoms with Gasteiger partial charge >= 0.3 is 6.18 Å². The van der Waals surface area contributed by atoms with Gasteiger partial charge in [0.15, 0.2) is 0 Å². The lowest BCUT2D eigenvalue weighted by Crippen LogP contribution is -2.61. The molecule has 36 heavy (non-hydrogen) atoms. The fraction of sp³-hybridized carbons (Fsp3) is 0.519. The summed E-state index contributed by atoms with van der Waals surface area (Å²) in [6, 6.07) is 14.1. The van der Waals surface area contributed by atoms with E-state index in [0.29, 0.717) is 44.8 Å². The van der Waals surface area contributed by atoms with Crippen molar-refractivity contribution in [3.8, 4) is 0 Å². The van der Waals surface area contributed by atoms with Gasteiger partial charge in [0.1, 0.15) is 0 Å². The second kappa shape index (κ2) is 10.8. The predicted molar refractivity (Wildman–Crippen MR) is 132 cm³/mol. The van der Waals surface area contributed by atoms with Gasteiger partial charge in [-0.1, -0.05) is 30.3 Å². The molecule has 0 aromatic heterocycles. The second-order valence-electron chi connectivity index (χ2n) is 9.88. The second-order valence-corrected chi connectivity index (χ2v) is 9.88. The van der Waals surface area contributed by atoms with Gasteiger partial charge in [-0.05, 0) is 35.7 Å². The third-order valence-corrected chi connectivity index (χ3v) is 7.54. The number of anilines is 1. The van der Waals surface area contributed by atoms with Gasteiger partial charge in [-0.3, -0.25) is 14.6 Å². The van der Waals surface area contributed by atoms with Crippen LogP contribution in [0.5, 0.6) is 0 Å². The fourth-order valence-electron chi connectivity index (χ4n) is 5.64. The number of piperazine rings is 1. The molecule has 5 rings (SSSR count). The largest absolute Gasteiger partial charge is 0.416 e. The number of benzene rings is 2. The number of amides is 1. The highest BCUT2D eigenvalue weighted by Crippen LogP contribution is 2.39. The maximum atomic E-state index is 13.4. The van der Waals surface area contributed by atoms with E-state index in [-0.39, 0.29) is 11.9 Å². The first kappa shape index (κ1) is 25.0. The average Bonchev–Trinajstić information content (AvgIpc) is 2.88. The first-order valence-electron chi connectivity index (χ1n) is 12.7. The number of rotatable bonds is 6. The molecule has 1 N–H and O–H groups in total. The molecule has 3 aliphatic heterocycles. The standard InChI is InChI=1S/C27H33F3N4O2/c28-27(29,30)22-6-7-24-21(16-22)17-23(26(35)31-8-9-32-12-14-36-15-13-32)25-19-33(10-11-34(24)25)18-20-4-2-1-3-5-20/h1-7,16,23,25H,8-15,17-19H2,(H,31,35)/t23-,25-/m0/s1. The number of morpholine rings is 1. The molecule has 2 saturated heterocycles.